The maximum atomic E-state index is 13.2. The lowest BCUT2D eigenvalue weighted by molar-refractivity contribution is 0.0679. The van der Waals surface area contributed by atoms with Gasteiger partial charge < -0.3 is 9.64 Å². The molecule has 0 radical (unpaired) electrons. The molecule has 6 nitrogen and oxygen atoms in total. The third-order valence-corrected chi connectivity index (χ3v) is 9.01. The van der Waals surface area contributed by atoms with Gasteiger partial charge in [-0.05, 0) is 37.1 Å². The summed E-state index contributed by atoms with van der Waals surface area (Å²) >= 11 is 3.02. The van der Waals surface area contributed by atoms with Crippen molar-refractivity contribution in [2.24, 2.45) is 0 Å². The number of nitrogens with zero attached hydrogens (tertiary/aromatic N) is 2. The Morgan fingerprint density at radius 3 is 2.79 bits per heavy atom. The van der Waals surface area contributed by atoms with Crippen LogP contribution in [0.4, 0.5) is 0 Å². The van der Waals surface area contributed by atoms with Crippen LogP contribution in [-0.4, -0.2) is 62.0 Å². The van der Waals surface area contributed by atoms with Crippen LogP contribution in [0.15, 0.2) is 36.4 Å². The zero-order valence-electron chi connectivity index (χ0n) is 16.0. The van der Waals surface area contributed by atoms with E-state index < -0.39 is 9.84 Å². The molecule has 0 N–H and O–H groups in total. The summed E-state index contributed by atoms with van der Waals surface area (Å²) in [6.07, 6.45) is 1.17. The van der Waals surface area contributed by atoms with Gasteiger partial charge in [-0.15, -0.1) is 22.7 Å². The molecular weight excluding hydrogens is 428 g/mol. The molecule has 0 aliphatic carbocycles. The summed E-state index contributed by atoms with van der Waals surface area (Å²) < 4.78 is 30.1. The average molecular weight is 451 g/mol. The highest BCUT2D eigenvalue weighted by Crippen LogP contribution is 2.35. The van der Waals surface area contributed by atoms with Gasteiger partial charge in [0, 0.05) is 26.3 Å². The summed E-state index contributed by atoms with van der Waals surface area (Å²) in [6, 6.07) is 11.4. The second-order valence-electron chi connectivity index (χ2n) is 7.05. The minimum atomic E-state index is -3.07. The summed E-state index contributed by atoms with van der Waals surface area (Å²) in [5, 5.41) is 0.893. The van der Waals surface area contributed by atoms with E-state index in [9.17, 15) is 13.2 Å². The van der Waals surface area contributed by atoms with Gasteiger partial charge in [0.2, 0.25) is 0 Å². The van der Waals surface area contributed by atoms with Gasteiger partial charge in [0.1, 0.15) is 5.01 Å². The van der Waals surface area contributed by atoms with E-state index in [0.29, 0.717) is 30.9 Å². The number of methoxy groups -OCH3 is 1. The van der Waals surface area contributed by atoms with Crippen LogP contribution in [0.3, 0.4) is 0 Å². The molecule has 2 aromatic heterocycles. The lowest BCUT2D eigenvalue weighted by Gasteiger charge is -2.27. The lowest BCUT2D eigenvalue weighted by Crippen LogP contribution is -2.41. The Morgan fingerprint density at radius 1 is 1.24 bits per heavy atom. The highest BCUT2D eigenvalue weighted by Gasteiger charge is 2.35. The molecule has 3 aromatic rings. The second kappa shape index (κ2) is 8.51. The molecule has 0 bridgehead atoms. The van der Waals surface area contributed by atoms with Gasteiger partial charge in [-0.1, -0.05) is 12.1 Å². The van der Waals surface area contributed by atoms with Gasteiger partial charge in [0.05, 0.1) is 31.5 Å². The molecule has 29 heavy (non-hydrogen) atoms. The van der Waals surface area contributed by atoms with E-state index >= 15 is 0 Å². The fourth-order valence-electron chi connectivity index (χ4n) is 3.54. The maximum absolute atomic E-state index is 13.2. The molecule has 1 saturated heterocycles. The first kappa shape index (κ1) is 20.5. The SMILES string of the molecule is COCCCN(C(=O)c1ccc(-c2nc3ccccc3s2)s1)C1CCS(=O)(=O)C1. The molecule has 9 heteroatoms. The van der Waals surface area contributed by atoms with Gasteiger partial charge >= 0.3 is 0 Å². The Morgan fingerprint density at radius 2 is 2.07 bits per heavy atom. The molecule has 1 aliphatic rings. The molecule has 1 aliphatic heterocycles. The molecule has 0 saturated carbocycles. The molecule has 1 aromatic carbocycles. The number of rotatable bonds is 7. The second-order valence-corrected chi connectivity index (χ2v) is 11.4. The number of carbonyl (C=O) groups is 1. The van der Waals surface area contributed by atoms with Crippen LogP contribution in [-0.2, 0) is 14.6 Å². The van der Waals surface area contributed by atoms with Crippen LogP contribution < -0.4 is 0 Å². The first-order valence-electron chi connectivity index (χ1n) is 9.43. The van der Waals surface area contributed by atoms with Gasteiger partial charge in [0.25, 0.3) is 5.91 Å². The highest BCUT2D eigenvalue weighted by atomic mass is 32.2. The van der Waals surface area contributed by atoms with Gasteiger partial charge in [-0.2, -0.15) is 0 Å². The number of para-hydroxylation sites is 1. The Labute approximate surface area is 178 Å². The Bertz CT molecular complexity index is 1090. The summed E-state index contributed by atoms with van der Waals surface area (Å²) in [5.74, 6) is 0.0788. The van der Waals surface area contributed by atoms with Crippen molar-refractivity contribution in [1.82, 2.24) is 9.88 Å². The lowest BCUT2D eigenvalue weighted by atomic mass is 10.2. The molecular formula is C20H22N2O4S3. The zero-order chi connectivity index (χ0) is 20.4. The molecule has 1 atom stereocenters. The number of benzene rings is 1. The molecule has 3 heterocycles. The number of thiophene rings is 1. The van der Waals surface area contributed by atoms with E-state index in [4.69, 9.17) is 4.74 Å². The number of hydrogen-bond acceptors (Lipinski definition) is 7. The van der Waals surface area contributed by atoms with Crippen molar-refractivity contribution < 1.29 is 17.9 Å². The van der Waals surface area contributed by atoms with Crippen molar-refractivity contribution in [1.29, 1.82) is 0 Å². The van der Waals surface area contributed by atoms with Crippen LogP contribution >= 0.6 is 22.7 Å². The van der Waals surface area contributed by atoms with E-state index in [0.717, 1.165) is 20.1 Å². The van der Waals surface area contributed by atoms with Crippen molar-refractivity contribution in [3.8, 4) is 9.88 Å². The topological polar surface area (TPSA) is 76.6 Å². The van der Waals surface area contributed by atoms with Crippen molar-refractivity contribution >= 4 is 48.6 Å². The van der Waals surface area contributed by atoms with Gasteiger partial charge in [-0.3, -0.25) is 4.79 Å². The number of ether oxygens (including phenoxy) is 1. The minimum Gasteiger partial charge on any atom is -0.385 e. The number of carbonyl (C=O) groups excluding carboxylic acids is 1. The maximum Gasteiger partial charge on any atom is 0.264 e. The molecule has 1 unspecified atom stereocenters. The van der Waals surface area contributed by atoms with Gasteiger partial charge in [-0.25, -0.2) is 13.4 Å². The van der Waals surface area contributed by atoms with E-state index in [1.54, 1.807) is 23.3 Å². The third-order valence-electron chi connectivity index (χ3n) is 4.98. The average Bonchev–Trinajstić information content (AvgIpc) is 3.42. The summed E-state index contributed by atoms with van der Waals surface area (Å²) in [5.41, 5.74) is 0.950. The number of thiazole rings is 1. The third kappa shape index (κ3) is 4.53. The van der Waals surface area contributed by atoms with E-state index in [1.807, 2.05) is 36.4 Å². The van der Waals surface area contributed by atoms with Crippen molar-refractivity contribution in [3.05, 3.63) is 41.3 Å². The van der Waals surface area contributed by atoms with Crippen LogP contribution in [0.1, 0.15) is 22.5 Å². The number of sulfone groups is 1. The Hall–Kier alpha value is -1.81. The fourth-order valence-corrected chi connectivity index (χ4v) is 7.25. The van der Waals surface area contributed by atoms with Crippen molar-refractivity contribution in [3.63, 3.8) is 0 Å². The predicted octanol–water partition coefficient (Wildman–Crippen LogP) is 3.69. The largest absolute Gasteiger partial charge is 0.385 e. The summed E-state index contributed by atoms with van der Waals surface area (Å²) in [6.45, 7) is 1.02. The van der Waals surface area contributed by atoms with Crippen LogP contribution in [0.5, 0.6) is 0 Å². The molecule has 4 rings (SSSR count). The molecule has 154 valence electrons. The van der Waals surface area contributed by atoms with E-state index in [-0.39, 0.29) is 23.5 Å². The van der Waals surface area contributed by atoms with Gasteiger partial charge in [0.15, 0.2) is 9.84 Å². The standard InChI is InChI=1S/C20H22N2O4S3/c1-26-11-4-10-22(14-9-12-29(24,25)13-14)20(23)18-8-7-17(27-18)19-21-15-5-2-3-6-16(15)28-19/h2-3,5-8,14H,4,9-13H2,1H3. The number of aromatic nitrogens is 1. The monoisotopic (exact) mass is 450 g/mol. The minimum absolute atomic E-state index is 0.0435. The zero-order valence-corrected chi connectivity index (χ0v) is 18.5. The normalized spacial score (nSPS) is 18.3. The summed E-state index contributed by atoms with van der Waals surface area (Å²) in [7, 11) is -1.45. The van der Waals surface area contributed by atoms with Crippen molar-refractivity contribution in [2.45, 2.75) is 18.9 Å². The first-order chi connectivity index (χ1) is 14.0. The van der Waals surface area contributed by atoms with E-state index in [1.165, 1.54) is 11.3 Å². The predicted molar refractivity (Wildman–Crippen MR) is 118 cm³/mol. The highest BCUT2D eigenvalue weighted by molar-refractivity contribution is 7.91. The smallest absolute Gasteiger partial charge is 0.264 e. The Balaban J connectivity index is 1.57. The quantitative estimate of drug-likeness (QED) is 0.513. The van der Waals surface area contributed by atoms with Crippen LogP contribution in [0.25, 0.3) is 20.1 Å². The van der Waals surface area contributed by atoms with Crippen molar-refractivity contribution in [2.75, 3.05) is 31.8 Å². The molecule has 1 amide bonds. The Kier molecular flexibility index (Phi) is 6.00. The summed E-state index contributed by atoms with van der Waals surface area (Å²) in [4.78, 5) is 21.2. The number of hydrogen-bond donors (Lipinski definition) is 0. The number of fused-ring (bicyclic) bond motifs is 1. The molecule has 1 fully saturated rings. The number of amides is 1. The fraction of sp³-hybridized carbons (Fsp3) is 0.400. The first-order valence-corrected chi connectivity index (χ1v) is 12.9. The van der Waals surface area contributed by atoms with Crippen LogP contribution in [0, 0.1) is 0 Å². The molecule has 0 spiro atoms. The van der Waals surface area contributed by atoms with Crippen LogP contribution in [0.2, 0.25) is 0 Å². The van der Waals surface area contributed by atoms with E-state index in [2.05, 4.69) is 4.98 Å².